The number of aryl methyl sites for hydroxylation is 1. The van der Waals surface area contributed by atoms with E-state index in [1.807, 2.05) is 6.92 Å². The predicted octanol–water partition coefficient (Wildman–Crippen LogP) is 3.50. The van der Waals surface area contributed by atoms with Gasteiger partial charge in [0.05, 0.1) is 18.2 Å². The minimum atomic E-state index is -4.11. The average molecular weight is 413 g/mol. The van der Waals surface area contributed by atoms with Crippen LogP contribution in [0.25, 0.3) is 22.2 Å². The van der Waals surface area contributed by atoms with Gasteiger partial charge >= 0.3 is 5.97 Å². The van der Waals surface area contributed by atoms with Gasteiger partial charge in [-0.05, 0) is 31.2 Å². The van der Waals surface area contributed by atoms with Crippen molar-refractivity contribution in [2.75, 3.05) is 7.11 Å². The fourth-order valence-electron chi connectivity index (χ4n) is 3.13. The number of halogens is 1. The SMILES string of the molecule is COC(=O)c1cc(-c2c(F)cnc3[nH]ccc23)cn1S(=O)(=O)c1ccc(C)cc1. The molecule has 4 aromatic rings. The van der Waals surface area contributed by atoms with Crippen LogP contribution in [0.5, 0.6) is 0 Å². The molecular formula is C20H16FN3O4S. The van der Waals surface area contributed by atoms with E-state index in [9.17, 15) is 17.6 Å². The number of benzene rings is 1. The zero-order valence-corrected chi connectivity index (χ0v) is 16.3. The van der Waals surface area contributed by atoms with Crippen LogP contribution in [-0.2, 0) is 14.8 Å². The van der Waals surface area contributed by atoms with Crippen LogP contribution in [0.2, 0.25) is 0 Å². The van der Waals surface area contributed by atoms with E-state index >= 15 is 0 Å². The number of H-pyrrole nitrogens is 1. The summed E-state index contributed by atoms with van der Waals surface area (Å²) >= 11 is 0. The first kappa shape index (κ1) is 18.9. The summed E-state index contributed by atoms with van der Waals surface area (Å²) in [6.45, 7) is 1.83. The monoisotopic (exact) mass is 413 g/mol. The van der Waals surface area contributed by atoms with E-state index in [0.717, 1.165) is 22.8 Å². The van der Waals surface area contributed by atoms with Crippen LogP contribution < -0.4 is 0 Å². The number of pyridine rings is 1. The van der Waals surface area contributed by atoms with Gasteiger partial charge in [-0.15, -0.1) is 0 Å². The number of aromatic amines is 1. The van der Waals surface area contributed by atoms with Crippen LogP contribution >= 0.6 is 0 Å². The van der Waals surface area contributed by atoms with Gasteiger partial charge in [0.1, 0.15) is 17.2 Å². The van der Waals surface area contributed by atoms with Gasteiger partial charge in [0.2, 0.25) is 0 Å². The second-order valence-electron chi connectivity index (χ2n) is 6.44. The van der Waals surface area contributed by atoms with Crippen molar-refractivity contribution in [1.29, 1.82) is 0 Å². The Morgan fingerprint density at radius 2 is 1.93 bits per heavy atom. The van der Waals surface area contributed by atoms with Crippen molar-refractivity contribution in [3.05, 3.63) is 72.1 Å². The molecule has 29 heavy (non-hydrogen) atoms. The molecule has 0 amide bonds. The van der Waals surface area contributed by atoms with Crippen LogP contribution in [-0.4, -0.2) is 35.4 Å². The van der Waals surface area contributed by atoms with Gasteiger partial charge in [-0.25, -0.2) is 26.6 Å². The molecule has 7 nitrogen and oxygen atoms in total. The number of hydrogen-bond donors (Lipinski definition) is 1. The summed E-state index contributed by atoms with van der Waals surface area (Å²) in [6, 6.07) is 9.13. The van der Waals surface area contributed by atoms with Crippen molar-refractivity contribution in [1.82, 2.24) is 13.9 Å². The third-order valence-corrected chi connectivity index (χ3v) is 6.28. The minimum absolute atomic E-state index is 0.00241. The molecule has 0 spiro atoms. The summed E-state index contributed by atoms with van der Waals surface area (Å²) in [6.07, 6.45) is 3.85. The Morgan fingerprint density at radius 1 is 1.21 bits per heavy atom. The first-order valence-corrected chi connectivity index (χ1v) is 10.0. The van der Waals surface area contributed by atoms with Crippen LogP contribution in [0.1, 0.15) is 16.1 Å². The molecule has 1 N–H and O–H groups in total. The molecule has 0 bridgehead atoms. The van der Waals surface area contributed by atoms with E-state index in [4.69, 9.17) is 4.74 Å². The summed E-state index contributed by atoms with van der Waals surface area (Å²) in [5.74, 6) is -1.50. The number of fused-ring (bicyclic) bond motifs is 1. The molecule has 0 aliphatic carbocycles. The Balaban J connectivity index is 1.97. The number of aromatic nitrogens is 3. The van der Waals surface area contributed by atoms with Gasteiger partial charge in [0.25, 0.3) is 10.0 Å². The van der Waals surface area contributed by atoms with Gasteiger partial charge < -0.3 is 9.72 Å². The smallest absolute Gasteiger partial charge is 0.355 e. The van der Waals surface area contributed by atoms with E-state index in [0.29, 0.717) is 11.0 Å². The predicted molar refractivity (Wildman–Crippen MR) is 105 cm³/mol. The van der Waals surface area contributed by atoms with Crippen LogP contribution in [0, 0.1) is 12.7 Å². The zero-order valence-electron chi connectivity index (χ0n) is 15.5. The third kappa shape index (κ3) is 3.09. The van der Waals surface area contributed by atoms with Gasteiger partial charge in [-0.1, -0.05) is 17.7 Å². The summed E-state index contributed by atoms with van der Waals surface area (Å²) in [7, 11) is -2.96. The second kappa shape index (κ2) is 6.85. The standard InChI is InChI=1S/C20H16FN3O4S/c1-12-3-5-14(6-4-12)29(26,27)24-11-13(9-17(24)20(25)28-2)18-15-7-8-22-19(15)23-10-16(18)21/h3-11H,1-2H3,(H,22,23). The maximum atomic E-state index is 14.6. The fourth-order valence-corrected chi connectivity index (χ4v) is 4.48. The number of carbonyl (C=O) groups excluding carboxylic acids is 1. The van der Waals surface area contributed by atoms with Gasteiger partial charge in [0, 0.05) is 28.9 Å². The molecule has 0 saturated heterocycles. The van der Waals surface area contributed by atoms with Crippen molar-refractivity contribution >= 4 is 27.0 Å². The van der Waals surface area contributed by atoms with Crippen LogP contribution in [0.4, 0.5) is 4.39 Å². The Morgan fingerprint density at radius 3 is 2.62 bits per heavy atom. The molecule has 3 aromatic heterocycles. The molecule has 148 valence electrons. The normalized spacial score (nSPS) is 11.7. The molecule has 0 aliphatic rings. The lowest BCUT2D eigenvalue weighted by molar-refractivity contribution is 0.0593. The highest BCUT2D eigenvalue weighted by Crippen LogP contribution is 2.33. The van der Waals surface area contributed by atoms with E-state index in [2.05, 4.69) is 9.97 Å². The van der Waals surface area contributed by atoms with Crippen molar-refractivity contribution < 1.29 is 22.3 Å². The number of nitrogens with one attached hydrogen (secondary N) is 1. The molecule has 0 unspecified atom stereocenters. The molecule has 0 atom stereocenters. The molecule has 0 fully saturated rings. The highest BCUT2D eigenvalue weighted by Gasteiger charge is 2.27. The van der Waals surface area contributed by atoms with E-state index in [1.165, 1.54) is 24.4 Å². The van der Waals surface area contributed by atoms with Crippen molar-refractivity contribution in [2.24, 2.45) is 0 Å². The third-order valence-electron chi connectivity index (χ3n) is 4.59. The lowest BCUT2D eigenvalue weighted by atomic mass is 10.1. The molecule has 9 heteroatoms. The molecule has 3 heterocycles. The summed E-state index contributed by atoms with van der Waals surface area (Å²) in [5.41, 5.74) is 1.45. The first-order valence-electron chi connectivity index (χ1n) is 8.58. The number of nitrogens with zero attached hydrogens (tertiary/aromatic N) is 2. The Bertz CT molecular complexity index is 1340. The number of methoxy groups -OCH3 is 1. The number of hydrogen-bond acceptors (Lipinski definition) is 5. The summed E-state index contributed by atoms with van der Waals surface area (Å²) < 4.78 is 46.5. The Labute approximate surface area is 165 Å². The molecule has 0 saturated carbocycles. The number of ether oxygens (including phenoxy) is 1. The minimum Gasteiger partial charge on any atom is -0.464 e. The molecule has 4 rings (SSSR count). The van der Waals surface area contributed by atoms with Gasteiger partial charge in [-0.3, -0.25) is 0 Å². The maximum absolute atomic E-state index is 14.6. The number of rotatable bonds is 4. The van der Waals surface area contributed by atoms with Crippen LogP contribution in [0.15, 0.2) is 59.9 Å². The van der Waals surface area contributed by atoms with Gasteiger partial charge in [-0.2, -0.15) is 0 Å². The van der Waals surface area contributed by atoms with Crippen molar-refractivity contribution in [3.63, 3.8) is 0 Å². The van der Waals surface area contributed by atoms with Crippen molar-refractivity contribution in [2.45, 2.75) is 11.8 Å². The number of carbonyl (C=O) groups is 1. The molecule has 0 radical (unpaired) electrons. The van der Waals surface area contributed by atoms with Gasteiger partial charge in [0.15, 0.2) is 0 Å². The summed E-state index contributed by atoms with van der Waals surface area (Å²) in [4.78, 5) is 19.1. The lowest BCUT2D eigenvalue weighted by Gasteiger charge is -2.09. The van der Waals surface area contributed by atoms with E-state index in [1.54, 1.807) is 24.4 Å². The van der Waals surface area contributed by atoms with E-state index < -0.39 is 21.8 Å². The first-order chi connectivity index (χ1) is 13.8. The molecule has 1 aromatic carbocycles. The number of esters is 1. The highest BCUT2D eigenvalue weighted by atomic mass is 32.2. The molecule has 0 aliphatic heterocycles. The lowest BCUT2D eigenvalue weighted by Crippen LogP contribution is -2.18. The second-order valence-corrected chi connectivity index (χ2v) is 8.26. The maximum Gasteiger partial charge on any atom is 0.355 e. The quantitative estimate of drug-likeness (QED) is 0.517. The topological polar surface area (TPSA) is 94.0 Å². The Hall–Kier alpha value is -3.46. The largest absolute Gasteiger partial charge is 0.464 e. The molecular weight excluding hydrogens is 397 g/mol. The van der Waals surface area contributed by atoms with E-state index in [-0.39, 0.29) is 21.7 Å². The summed E-state index contributed by atoms with van der Waals surface area (Å²) in [5, 5.41) is 0.464. The average Bonchev–Trinajstić information content (AvgIpc) is 3.35. The Kier molecular flexibility index (Phi) is 4.46. The van der Waals surface area contributed by atoms with Crippen LogP contribution in [0.3, 0.4) is 0 Å². The highest BCUT2D eigenvalue weighted by molar-refractivity contribution is 7.90. The van der Waals surface area contributed by atoms with Crippen molar-refractivity contribution in [3.8, 4) is 11.1 Å². The zero-order chi connectivity index (χ0) is 20.8. The fraction of sp³-hybridized carbons (Fsp3) is 0.100.